The van der Waals surface area contributed by atoms with Crippen LogP contribution in [0.4, 0.5) is 0 Å². The van der Waals surface area contributed by atoms with Crippen molar-refractivity contribution in [2.75, 3.05) is 5.75 Å². The standard InChI is InChI=1S/C5H7ClO2S/c6-3-1-2-9-4(3)5(7)8/h3-4H,1-2H2,(H,7,8). The van der Waals surface area contributed by atoms with Crippen LogP contribution in [0.5, 0.6) is 0 Å². The number of thioether (sulfide) groups is 1. The molecule has 2 unspecified atom stereocenters. The molecule has 52 valence electrons. The lowest BCUT2D eigenvalue weighted by atomic mass is 10.2. The molecule has 0 radical (unpaired) electrons. The van der Waals surface area contributed by atoms with Gasteiger partial charge in [-0.05, 0) is 12.2 Å². The third-order valence-electron chi connectivity index (χ3n) is 1.26. The molecular formula is C5H7ClO2S. The predicted octanol–water partition coefficient (Wildman–Crippen LogP) is 1.18. The van der Waals surface area contributed by atoms with Crippen LogP contribution in [0.15, 0.2) is 0 Å². The van der Waals surface area contributed by atoms with E-state index in [0.29, 0.717) is 0 Å². The van der Waals surface area contributed by atoms with Gasteiger partial charge in [0.2, 0.25) is 0 Å². The molecule has 2 atom stereocenters. The van der Waals surface area contributed by atoms with E-state index in [1.807, 2.05) is 0 Å². The minimum Gasteiger partial charge on any atom is -0.480 e. The molecule has 0 bridgehead atoms. The zero-order valence-electron chi connectivity index (χ0n) is 4.71. The molecule has 0 aromatic carbocycles. The van der Waals surface area contributed by atoms with Gasteiger partial charge in [-0.1, -0.05) is 0 Å². The van der Waals surface area contributed by atoms with Crippen LogP contribution in [0.1, 0.15) is 6.42 Å². The average Bonchev–Trinajstić information content (AvgIpc) is 2.13. The summed E-state index contributed by atoms with van der Waals surface area (Å²) in [6, 6.07) is 0. The maximum atomic E-state index is 10.3. The molecule has 4 heteroatoms. The first-order valence-corrected chi connectivity index (χ1v) is 4.19. The summed E-state index contributed by atoms with van der Waals surface area (Å²) in [5, 5.41) is 7.95. The maximum absolute atomic E-state index is 10.3. The number of carboxylic acids is 1. The van der Waals surface area contributed by atoms with Crippen LogP contribution < -0.4 is 0 Å². The number of rotatable bonds is 1. The molecule has 1 aliphatic rings. The van der Waals surface area contributed by atoms with Crippen LogP contribution >= 0.6 is 23.4 Å². The minimum atomic E-state index is -0.780. The number of hydrogen-bond acceptors (Lipinski definition) is 2. The van der Waals surface area contributed by atoms with E-state index in [0.717, 1.165) is 12.2 Å². The van der Waals surface area contributed by atoms with Gasteiger partial charge < -0.3 is 5.11 Å². The summed E-state index contributed by atoms with van der Waals surface area (Å²) < 4.78 is 0. The summed E-state index contributed by atoms with van der Waals surface area (Å²) in [4.78, 5) is 10.3. The third kappa shape index (κ3) is 1.52. The number of carbonyl (C=O) groups is 1. The van der Waals surface area contributed by atoms with Crippen LogP contribution in [0, 0.1) is 0 Å². The first-order valence-electron chi connectivity index (χ1n) is 2.70. The van der Waals surface area contributed by atoms with E-state index in [4.69, 9.17) is 16.7 Å². The van der Waals surface area contributed by atoms with E-state index in [-0.39, 0.29) is 10.6 Å². The van der Waals surface area contributed by atoms with Gasteiger partial charge in [0.1, 0.15) is 5.25 Å². The van der Waals surface area contributed by atoms with Crippen molar-refractivity contribution in [1.29, 1.82) is 0 Å². The molecule has 0 saturated carbocycles. The van der Waals surface area contributed by atoms with Crippen molar-refractivity contribution in [2.45, 2.75) is 17.0 Å². The van der Waals surface area contributed by atoms with Crippen molar-refractivity contribution >= 4 is 29.3 Å². The van der Waals surface area contributed by atoms with Crippen molar-refractivity contribution in [3.05, 3.63) is 0 Å². The first kappa shape index (κ1) is 7.22. The van der Waals surface area contributed by atoms with Crippen LogP contribution in [0.25, 0.3) is 0 Å². The van der Waals surface area contributed by atoms with Gasteiger partial charge in [0.05, 0.1) is 5.38 Å². The van der Waals surface area contributed by atoms with E-state index in [1.54, 1.807) is 0 Å². The van der Waals surface area contributed by atoms with Crippen molar-refractivity contribution in [3.8, 4) is 0 Å². The fourth-order valence-corrected chi connectivity index (χ4v) is 2.49. The quantitative estimate of drug-likeness (QED) is 0.595. The Hall–Kier alpha value is 0.110. The molecule has 0 aromatic rings. The lowest BCUT2D eigenvalue weighted by molar-refractivity contribution is -0.136. The van der Waals surface area contributed by atoms with Crippen molar-refractivity contribution in [1.82, 2.24) is 0 Å². The smallest absolute Gasteiger partial charge is 0.318 e. The van der Waals surface area contributed by atoms with E-state index in [2.05, 4.69) is 0 Å². The molecule has 0 spiro atoms. The molecule has 1 aliphatic heterocycles. The Bertz CT molecular complexity index is 128. The van der Waals surface area contributed by atoms with Gasteiger partial charge in [0.15, 0.2) is 0 Å². The molecule has 1 rings (SSSR count). The van der Waals surface area contributed by atoms with E-state index in [9.17, 15) is 4.79 Å². The van der Waals surface area contributed by atoms with Crippen molar-refractivity contribution in [2.24, 2.45) is 0 Å². The largest absolute Gasteiger partial charge is 0.480 e. The highest BCUT2D eigenvalue weighted by molar-refractivity contribution is 8.01. The van der Waals surface area contributed by atoms with Crippen molar-refractivity contribution in [3.63, 3.8) is 0 Å². The molecule has 9 heavy (non-hydrogen) atoms. The molecule has 0 aliphatic carbocycles. The van der Waals surface area contributed by atoms with Gasteiger partial charge in [-0.15, -0.1) is 23.4 Å². The van der Waals surface area contributed by atoms with Gasteiger partial charge in [-0.2, -0.15) is 0 Å². The van der Waals surface area contributed by atoms with E-state index >= 15 is 0 Å². The molecule has 0 aromatic heterocycles. The monoisotopic (exact) mass is 166 g/mol. The summed E-state index contributed by atoms with van der Waals surface area (Å²) in [5.74, 6) is 0.100. The Morgan fingerprint density at radius 3 is 2.67 bits per heavy atom. The second-order valence-electron chi connectivity index (χ2n) is 1.93. The van der Waals surface area contributed by atoms with Gasteiger partial charge >= 0.3 is 5.97 Å². The van der Waals surface area contributed by atoms with Crippen molar-refractivity contribution < 1.29 is 9.90 Å². The Balaban J connectivity index is 2.49. The number of aliphatic carboxylic acids is 1. The van der Waals surface area contributed by atoms with E-state index < -0.39 is 5.97 Å². The SMILES string of the molecule is O=C(O)C1SCCC1Cl. The first-order chi connectivity index (χ1) is 4.22. The van der Waals surface area contributed by atoms with Crippen LogP contribution in [0.3, 0.4) is 0 Å². The zero-order valence-corrected chi connectivity index (χ0v) is 6.28. The zero-order chi connectivity index (χ0) is 6.85. The molecule has 2 nitrogen and oxygen atoms in total. The van der Waals surface area contributed by atoms with Gasteiger partial charge in [-0.25, -0.2) is 0 Å². The maximum Gasteiger partial charge on any atom is 0.318 e. The number of carboxylic acid groups (broad SMARTS) is 1. The summed E-state index contributed by atoms with van der Waals surface area (Å²) in [6.45, 7) is 0. The molecular weight excluding hydrogens is 160 g/mol. The predicted molar refractivity (Wildman–Crippen MR) is 38.1 cm³/mol. The van der Waals surface area contributed by atoms with Gasteiger partial charge in [-0.3, -0.25) is 4.79 Å². The summed E-state index contributed by atoms with van der Waals surface area (Å²) in [5.41, 5.74) is 0. The highest BCUT2D eigenvalue weighted by Crippen LogP contribution is 2.30. The highest BCUT2D eigenvalue weighted by atomic mass is 35.5. The Morgan fingerprint density at radius 1 is 1.78 bits per heavy atom. The normalized spacial score (nSPS) is 34.8. The fourth-order valence-electron chi connectivity index (χ4n) is 0.789. The number of hydrogen-bond donors (Lipinski definition) is 1. The molecule has 1 saturated heterocycles. The lowest BCUT2D eigenvalue weighted by Gasteiger charge is -2.04. The fraction of sp³-hybridized carbons (Fsp3) is 0.800. The molecule has 0 amide bonds. The summed E-state index contributed by atoms with van der Waals surface area (Å²) >= 11 is 7.10. The average molecular weight is 167 g/mol. The Labute approximate surface area is 62.6 Å². The Kier molecular flexibility index (Phi) is 2.24. The summed E-state index contributed by atoms with van der Waals surface area (Å²) in [6.07, 6.45) is 0.823. The van der Waals surface area contributed by atoms with Crippen LogP contribution in [-0.4, -0.2) is 27.5 Å². The molecule has 1 N–H and O–H groups in total. The van der Waals surface area contributed by atoms with Gasteiger partial charge in [0.25, 0.3) is 0 Å². The second kappa shape index (κ2) is 2.80. The van der Waals surface area contributed by atoms with Gasteiger partial charge in [0, 0.05) is 0 Å². The van der Waals surface area contributed by atoms with Crippen LogP contribution in [0.2, 0.25) is 0 Å². The lowest BCUT2D eigenvalue weighted by Crippen LogP contribution is -2.21. The number of halogens is 1. The topological polar surface area (TPSA) is 37.3 Å². The highest BCUT2D eigenvalue weighted by Gasteiger charge is 2.31. The third-order valence-corrected chi connectivity index (χ3v) is 3.24. The minimum absolute atomic E-state index is 0.160. The van der Waals surface area contributed by atoms with E-state index in [1.165, 1.54) is 11.8 Å². The Morgan fingerprint density at radius 2 is 2.44 bits per heavy atom. The molecule has 1 heterocycles. The summed E-state index contributed by atoms with van der Waals surface area (Å²) in [7, 11) is 0. The molecule has 1 fully saturated rings. The van der Waals surface area contributed by atoms with Crippen LogP contribution in [-0.2, 0) is 4.79 Å². The number of alkyl halides is 1. The second-order valence-corrected chi connectivity index (χ2v) is 3.74.